The van der Waals surface area contributed by atoms with Crippen molar-refractivity contribution in [3.8, 4) is 11.5 Å². The molecule has 0 saturated carbocycles. The second kappa shape index (κ2) is 7.95. The molecule has 4 rings (SSSR count). The van der Waals surface area contributed by atoms with Crippen LogP contribution in [0.1, 0.15) is 28.8 Å². The van der Waals surface area contributed by atoms with Gasteiger partial charge >= 0.3 is 0 Å². The Labute approximate surface area is 174 Å². The molecule has 2 aromatic carbocycles. The summed E-state index contributed by atoms with van der Waals surface area (Å²) in [6, 6.07) is 12.6. The number of ether oxygens (including phenoxy) is 2. The van der Waals surface area contributed by atoms with Crippen LogP contribution in [-0.2, 0) is 11.2 Å². The van der Waals surface area contributed by atoms with Gasteiger partial charge in [-0.2, -0.15) is 0 Å². The highest BCUT2D eigenvalue weighted by Gasteiger charge is 2.41. The lowest BCUT2D eigenvalue weighted by Crippen LogP contribution is -2.54. The zero-order valence-electron chi connectivity index (χ0n) is 16.2. The Bertz CT molecular complexity index is 938. The standard InChI is InChI=1S/C22H23ClN2O4/c1-28-17-5-6-18-19(13-17)29-22(14-24-21(18)27)7-9-25(10-8-22)20(26)12-15-3-2-4-16(23)11-15/h2-6,11,13H,7-10,12,14H2,1H3,(H,24,27). The molecule has 1 fully saturated rings. The Hall–Kier alpha value is -2.73. The van der Waals surface area contributed by atoms with Gasteiger partial charge in [0.2, 0.25) is 5.91 Å². The summed E-state index contributed by atoms with van der Waals surface area (Å²) in [4.78, 5) is 27.0. The molecular weight excluding hydrogens is 392 g/mol. The van der Waals surface area contributed by atoms with Crippen LogP contribution in [0, 0.1) is 0 Å². The van der Waals surface area contributed by atoms with Crippen LogP contribution in [0.5, 0.6) is 11.5 Å². The number of fused-ring (bicyclic) bond motifs is 1. The number of hydrogen-bond donors (Lipinski definition) is 1. The van der Waals surface area contributed by atoms with Gasteiger partial charge < -0.3 is 19.7 Å². The second-order valence-electron chi connectivity index (χ2n) is 7.52. The molecule has 2 aromatic rings. The van der Waals surface area contributed by atoms with Crippen LogP contribution < -0.4 is 14.8 Å². The van der Waals surface area contributed by atoms with Gasteiger partial charge in [0.25, 0.3) is 5.91 Å². The number of nitrogens with one attached hydrogen (secondary N) is 1. The first-order valence-electron chi connectivity index (χ1n) is 9.65. The summed E-state index contributed by atoms with van der Waals surface area (Å²) in [6.07, 6.45) is 1.61. The molecule has 29 heavy (non-hydrogen) atoms. The predicted molar refractivity (Wildman–Crippen MR) is 110 cm³/mol. The summed E-state index contributed by atoms with van der Waals surface area (Å²) in [5.41, 5.74) is 0.879. The van der Waals surface area contributed by atoms with E-state index in [-0.39, 0.29) is 11.8 Å². The monoisotopic (exact) mass is 414 g/mol. The third-order valence-corrected chi connectivity index (χ3v) is 5.84. The molecule has 1 N–H and O–H groups in total. The molecule has 1 saturated heterocycles. The van der Waals surface area contributed by atoms with E-state index in [2.05, 4.69) is 5.32 Å². The fraction of sp³-hybridized carbons (Fsp3) is 0.364. The van der Waals surface area contributed by atoms with Gasteiger partial charge in [0, 0.05) is 37.0 Å². The maximum Gasteiger partial charge on any atom is 0.255 e. The lowest BCUT2D eigenvalue weighted by atomic mass is 9.90. The molecule has 2 heterocycles. The lowest BCUT2D eigenvalue weighted by Gasteiger charge is -2.41. The number of carbonyl (C=O) groups is 2. The minimum atomic E-state index is -0.528. The van der Waals surface area contributed by atoms with Crippen LogP contribution in [0.15, 0.2) is 42.5 Å². The molecule has 2 aliphatic heterocycles. The molecule has 0 unspecified atom stereocenters. The normalized spacial score (nSPS) is 17.7. The van der Waals surface area contributed by atoms with E-state index >= 15 is 0 Å². The predicted octanol–water partition coefficient (Wildman–Crippen LogP) is 3.07. The highest BCUT2D eigenvalue weighted by atomic mass is 35.5. The van der Waals surface area contributed by atoms with Crippen molar-refractivity contribution in [3.63, 3.8) is 0 Å². The van der Waals surface area contributed by atoms with E-state index in [1.807, 2.05) is 23.1 Å². The number of carbonyl (C=O) groups excluding carboxylic acids is 2. The minimum Gasteiger partial charge on any atom is -0.497 e. The highest BCUT2D eigenvalue weighted by Crippen LogP contribution is 2.35. The number of rotatable bonds is 3. The molecule has 0 radical (unpaired) electrons. The molecule has 0 bridgehead atoms. The molecule has 0 atom stereocenters. The summed E-state index contributed by atoms with van der Waals surface area (Å²) in [5.74, 6) is 1.08. The molecule has 1 spiro atoms. The smallest absolute Gasteiger partial charge is 0.255 e. The van der Waals surface area contributed by atoms with Crippen LogP contribution in [0.25, 0.3) is 0 Å². The Morgan fingerprint density at radius 3 is 2.76 bits per heavy atom. The molecule has 6 nitrogen and oxygen atoms in total. The first-order chi connectivity index (χ1) is 14.0. The zero-order valence-corrected chi connectivity index (χ0v) is 17.0. The van der Waals surface area contributed by atoms with Crippen molar-refractivity contribution in [1.82, 2.24) is 10.2 Å². The summed E-state index contributed by atoms with van der Waals surface area (Å²) >= 11 is 6.02. The van der Waals surface area contributed by atoms with Crippen molar-refractivity contribution in [2.24, 2.45) is 0 Å². The van der Waals surface area contributed by atoms with Gasteiger partial charge in [-0.1, -0.05) is 23.7 Å². The van der Waals surface area contributed by atoms with Crippen LogP contribution in [0.4, 0.5) is 0 Å². The number of amides is 2. The Morgan fingerprint density at radius 2 is 2.03 bits per heavy atom. The summed E-state index contributed by atoms with van der Waals surface area (Å²) in [7, 11) is 1.58. The molecule has 2 amide bonds. The summed E-state index contributed by atoms with van der Waals surface area (Å²) in [5, 5.41) is 3.60. The quantitative estimate of drug-likeness (QED) is 0.838. The van der Waals surface area contributed by atoms with Crippen molar-refractivity contribution in [2.45, 2.75) is 24.9 Å². The maximum absolute atomic E-state index is 12.7. The van der Waals surface area contributed by atoms with E-state index in [0.29, 0.717) is 61.0 Å². The van der Waals surface area contributed by atoms with E-state index in [1.165, 1.54) is 0 Å². The van der Waals surface area contributed by atoms with Gasteiger partial charge in [0.05, 0.1) is 25.6 Å². The van der Waals surface area contributed by atoms with Crippen molar-refractivity contribution in [2.75, 3.05) is 26.7 Å². The van der Waals surface area contributed by atoms with Gasteiger partial charge in [-0.25, -0.2) is 0 Å². The molecule has 7 heteroatoms. The largest absolute Gasteiger partial charge is 0.497 e. The van der Waals surface area contributed by atoms with Gasteiger partial charge in [-0.3, -0.25) is 9.59 Å². The van der Waals surface area contributed by atoms with Crippen molar-refractivity contribution < 1.29 is 19.1 Å². The molecule has 0 aliphatic carbocycles. The summed E-state index contributed by atoms with van der Waals surface area (Å²) < 4.78 is 11.6. The Kier molecular flexibility index (Phi) is 5.37. The number of likely N-dealkylation sites (tertiary alicyclic amines) is 1. The highest BCUT2D eigenvalue weighted by molar-refractivity contribution is 6.30. The van der Waals surface area contributed by atoms with E-state index in [1.54, 1.807) is 31.4 Å². The first kappa shape index (κ1) is 19.6. The minimum absolute atomic E-state index is 0.0712. The van der Waals surface area contributed by atoms with Gasteiger partial charge in [0.15, 0.2) is 0 Å². The first-order valence-corrected chi connectivity index (χ1v) is 10.0. The zero-order chi connectivity index (χ0) is 20.4. The van der Waals surface area contributed by atoms with Crippen molar-refractivity contribution in [1.29, 1.82) is 0 Å². The van der Waals surface area contributed by atoms with Crippen LogP contribution in [-0.4, -0.2) is 49.1 Å². The molecule has 0 aromatic heterocycles. The van der Waals surface area contributed by atoms with E-state index in [4.69, 9.17) is 21.1 Å². The lowest BCUT2D eigenvalue weighted by molar-refractivity contribution is -0.133. The fourth-order valence-corrected chi connectivity index (χ4v) is 4.10. The Balaban J connectivity index is 1.45. The average molecular weight is 415 g/mol. The van der Waals surface area contributed by atoms with Crippen molar-refractivity contribution >= 4 is 23.4 Å². The van der Waals surface area contributed by atoms with Crippen LogP contribution in [0.2, 0.25) is 5.02 Å². The average Bonchev–Trinajstić information content (AvgIpc) is 2.85. The number of halogens is 1. The molecular formula is C22H23ClN2O4. The summed E-state index contributed by atoms with van der Waals surface area (Å²) in [6.45, 7) is 1.57. The van der Waals surface area contributed by atoms with Gasteiger partial charge in [-0.15, -0.1) is 0 Å². The number of benzene rings is 2. The third kappa shape index (κ3) is 4.17. The van der Waals surface area contributed by atoms with Gasteiger partial charge in [0.1, 0.15) is 17.1 Å². The second-order valence-corrected chi connectivity index (χ2v) is 7.95. The number of hydrogen-bond acceptors (Lipinski definition) is 4. The van der Waals surface area contributed by atoms with Crippen LogP contribution >= 0.6 is 11.6 Å². The maximum atomic E-state index is 12.7. The fourth-order valence-electron chi connectivity index (χ4n) is 3.88. The van der Waals surface area contributed by atoms with E-state index in [0.717, 1.165) is 5.56 Å². The number of nitrogens with zero attached hydrogens (tertiary/aromatic N) is 1. The molecule has 2 aliphatic rings. The molecule has 152 valence electrons. The topological polar surface area (TPSA) is 67.9 Å². The van der Waals surface area contributed by atoms with Crippen molar-refractivity contribution in [3.05, 3.63) is 58.6 Å². The van der Waals surface area contributed by atoms with Gasteiger partial charge in [-0.05, 0) is 29.8 Å². The number of methoxy groups -OCH3 is 1. The van der Waals surface area contributed by atoms with E-state index < -0.39 is 5.60 Å². The SMILES string of the molecule is COc1ccc2c(c1)OC1(CCN(C(=O)Cc3cccc(Cl)c3)CC1)CNC2=O. The van der Waals surface area contributed by atoms with Crippen LogP contribution in [0.3, 0.4) is 0 Å². The van der Waals surface area contributed by atoms with E-state index in [9.17, 15) is 9.59 Å². The third-order valence-electron chi connectivity index (χ3n) is 5.60. The Morgan fingerprint density at radius 1 is 1.24 bits per heavy atom. The number of piperidine rings is 1.